The second kappa shape index (κ2) is 8.84. The van der Waals surface area contributed by atoms with E-state index in [1.54, 1.807) is 7.11 Å². The lowest BCUT2D eigenvalue weighted by atomic mass is 10.1. The summed E-state index contributed by atoms with van der Waals surface area (Å²) in [6.07, 6.45) is 7.36. The Morgan fingerprint density at radius 1 is 1.12 bits per heavy atom. The van der Waals surface area contributed by atoms with Gasteiger partial charge in [0.1, 0.15) is 5.75 Å². The van der Waals surface area contributed by atoms with Gasteiger partial charge in [0.05, 0.1) is 13.7 Å². The number of aliphatic hydroxyl groups is 1. The normalized spacial score (nSPS) is 25.4. The number of aliphatic hydroxyl groups excluding tert-OH is 1. The van der Waals surface area contributed by atoms with Crippen molar-refractivity contribution in [2.45, 2.75) is 50.6 Å². The molecule has 24 heavy (non-hydrogen) atoms. The molecule has 0 aliphatic carbocycles. The highest BCUT2D eigenvalue weighted by atomic mass is 16.5. The van der Waals surface area contributed by atoms with E-state index >= 15 is 0 Å². The van der Waals surface area contributed by atoms with Crippen molar-refractivity contribution < 1.29 is 9.84 Å². The molecule has 134 valence electrons. The number of ether oxygens (including phenoxy) is 1. The molecular formula is C20H32N2O2. The van der Waals surface area contributed by atoms with Crippen molar-refractivity contribution >= 4 is 0 Å². The summed E-state index contributed by atoms with van der Waals surface area (Å²) in [5, 5.41) is 9.52. The first kappa shape index (κ1) is 17.7. The first-order chi connectivity index (χ1) is 11.8. The smallest absolute Gasteiger partial charge is 0.119 e. The van der Waals surface area contributed by atoms with Crippen LogP contribution in [0.25, 0.3) is 0 Å². The minimum atomic E-state index is 0.322. The highest BCUT2D eigenvalue weighted by Gasteiger charge is 2.30. The Morgan fingerprint density at radius 3 is 2.71 bits per heavy atom. The number of nitrogens with zero attached hydrogens (tertiary/aromatic N) is 2. The summed E-state index contributed by atoms with van der Waals surface area (Å²) in [6.45, 7) is 5.05. The zero-order chi connectivity index (χ0) is 16.8. The Kier molecular flexibility index (Phi) is 6.52. The van der Waals surface area contributed by atoms with Gasteiger partial charge in [-0.25, -0.2) is 0 Å². The monoisotopic (exact) mass is 332 g/mol. The van der Waals surface area contributed by atoms with E-state index in [0.717, 1.165) is 18.7 Å². The largest absolute Gasteiger partial charge is 0.497 e. The maximum atomic E-state index is 9.52. The molecule has 1 aromatic rings. The number of methoxy groups -OCH3 is 1. The molecule has 2 fully saturated rings. The van der Waals surface area contributed by atoms with Crippen molar-refractivity contribution in [3.05, 3.63) is 29.8 Å². The Labute approximate surface area is 146 Å². The predicted octanol–water partition coefficient (Wildman–Crippen LogP) is 2.55. The van der Waals surface area contributed by atoms with Crippen LogP contribution < -0.4 is 4.74 Å². The predicted molar refractivity (Wildman–Crippen MR) is 97.6 cm³/mol. The molecule has 4 nitrogen and oxygen atoms in total. The minimum Gasteiger partial charge on any atom is -0.497 e. The minimum absolute atomic E-state index is 0.322. The Bertz CT molecular complexity index is 508. The van der Waals surface area contributed by atoms with Gasteiger partial charge in [0.2, 0.25) is 0 Å². The lowest BCUT2D eigenvalue weighted by molar-refractivity contribution is 0.122. The molecule has 3 rings (SSSR count). The third kappa shape index (κ3) is 4.50. The van der Waals surface area contributed by atoms with Gasteiger partial charge in [-0.3, -0.25) is 9.80 Å². The Hall–Kier alpha value is -1.10. The Morgan fingerprint density at radius 2 is 1.92 bits per heavy atom. The molecule has 0 saturated carbocycles. The third-order valence-corrected chi connectivity index (χ3v) is 5.70. The fourth-order valence-electron chi connectivity index (χ4n) is 4.32. The average Bonchev–Trinajstić information content (AvgIpc) is 3.25. The standard InChI is InChI=1S/C20H32N2O2/c1-24-20-10-2-6-17(14-20)7-3-11-21-12-4-8-18(21)15-22-13-5-9-19(22)16-23/h2,6,10,14,18-19,23H,3-5,7-9,11-13,15-16H2,1H3. The van der Waals surface area contributed by atoms with Gasteiger partial charge < -0.3 is 9.84 Å². The summed E-state index contributed by atoms with van der Waals surface area (Å²) in [5.41, 5.74) is 1.37. The number of benzene rings is 1. The highest BCUT2D eigenvalue weighted by molar-refractivity contribution is 5.28. The first-order valence-corrected chi connectivity index (χ1v) is 9.52. The molecule has 2 heterocycles. The second-order valence-corrected chi connectivity index (χ2v) is 7.26. The molecule has 2 aliphatic rings. The van der Waals surface area contributed by atoms with Gasteiger partial charge in [-0.15, -0.1) is 0 Å². The topological polar surface area (TPSA) is 35.9 Å². The molecule has 0 radical (unpaired) electrons. The third-order valence-electron chi connectivity index (χ3n) is 5.70. The van der Waals surface area contributed by atoms with Crippen LogP contribution >= 0.6 is 0 Å². The number of hydrogen-bond donors (Lipinski definition) is 1. The molecule has 2 aliphatic heterocycles. The summed E-state index contributed by atoms with van der Waals surface area (Å²) in [4.78, 5) is 5.19. The van der Waals surface area contributed by atoms with Gasteiger partial charge in [-0.1, -0.05) is 12.1 Å². The molecule has 0 amide bonds. The second-order valence-electron chi connectivity index (χ2n) is 7.26. The van der Waals surface area contributed by atoms with E-state index in [-0.39, 0.29) is 0 Å². The lowest BCUT2D eigenvalue weighted by Gasteiger charge is -2.31. The summed E-state index contributed by atoms with van der Waals surface area (Å²) in [5.74, 6) is 0.954. The van der Waals surface area contributed by atoms with Crippen LogP contribution in [0, 0.1) is 0 Å². The van der Waals surface area contributed by atoms with Crippen LogP contribution in [-0.2, 0) is 6.42 Å². The molecule has 1 N–H and O–H groups in total. The highest BCUT2D eigenvalue weighted by Crippen LogP contribution is 2.24. The van der Waals surface area contributed by atoms with Gasteiger partial charge in [0.25, 0.3) is 0 Å². The zero-order valence-corrected chi connectivity index (χ0v) is 15.0. The summed E-state index contributed by atoms with van der Waals surface area (Å²) in [6, 6.07) is 9.52. The van der Waals surface area contributed by atoms with Crippen LogP contribution in [0.3, 0.4) is 0 Å². The summed E-state index contributed by atoms with van der Waals surface area (Å²) < 4.78 is 5.31. The summed E-state index contributed by atoms with van der Waals surface area (Å²) in [7, 11) is 1.73. The van der Waals surface area contributed by atoms with Crippen LogP contribution in [0.5, 0.6) is 5.75 Å². The molecule has 4 heteroatoms. The van der Waals surface area contributed by atoms with Crippen LogP contribution in [0.1, 0.15) is 37.7 Å². The van der Waals surface area contributed by atoms with Gasteiger partial charge in [-0.2, -0.15) is 0 Å². The van der Waals surface area contributed by atoms with E-state index < -0.39 is 0 Å². The van der Waals surface area contributed by atoms with E-state index in [0.29, 0.717) is 18.7 Å². The van der Waals surface area contributed by atoms with Crippen molar-refractivity contribution in [1.29, 1.82) is 0 Å². The Balaban J connectivity index is 1.45. The van der Waals surface area contributed by atoms with E-state index in [1.165, 1.54) is 57.3 Å². The molecule has 0 spiro atoms. The van der Waals surface area contributed by atoms with E-state index in [4.69, 9.17) is 4.74 Å². The van der Waals surface area contributed by atoms with Crippen LogP contribution in [0.4, 0.5) is 0 Å². The van der Waals surface area contributed by atoms with Crippen molar-refractivity contribution in [2.24, 2.45) is 0 Å². The van der Waals surface area contributed by atoms with Crippen LogP contribution in [0.2, 0.25) is 0 Å². The van der Waals surface area contributed by atoms with Crippen molar-refractivity contribution in [1.82, 2.24) is 9.80 Å². The van der Waals surface area contributed by atoms with E-state index in [9.17, 15) is 5.11 Å². The lowest BCUT2D eigenvalue weighted by Crippen LogP contribution is -2.43. The molecule has 0 aromatic heterocycles. The van der Waals surface area contributed by atoms with Crippen molar-refractivity contribution in [3.8, 4) is 5.75 Å². The first-order valence-electron chi connectivity index (χ1n) is 9.52. The number of aryl methyl sites for hydroxylation is 1. The number of rotatable bonds is 8. The van der Waals surface area contributed by atoms with E-state index in [1.807, 2.05) is 6.07 Å². The quantitative estimate of drug-likeness (QED) is 0.794. The average molecular weight is 332 g/mol. The maximum absolute atomic E-state index is 9.52. The van der Waals surface area contributed by atoms with Gasteiger partial charge in [-0.05, 0) is 75.9 Å². The van der Waals surface area contributed by atoms with Crippen molar-refractivity contribution in [2.75, 3.05) is 39.9 Å². The van der Waals surface area contributed by atoms with Crippen LogP contribution in [-0.4, -0.2) is 66.9 Å². The molecular weight excluding hydrogens is 300 g/mol. The molecule has 2 unspecified atom stereocenters. The van der Waals surface area contributed by atoms with Crippen LogP contribution in [0.15, 0.2) is 24.3 Å². The maximum Gasteiger partial charge on any atom is 0.119 e. The van der Waals surface area contributed by atoms with Gasteiger partial charge in [0.15, 0.2) is 0 Å². The fraction of sp³-hybridized carbons (Fsp3) is 0.700. The number of hydrogen-bond acceptors (Lipinski definition) is 4. The molecule has 2 atom stereocenters. The zero-order valence-electron chi connectivity index (χ0n) is 15.0. The summed E-state index contributed by atoms with van der Waals surface area (Å²) >= 11 is 0. The fourth-order valence-corrected chi connectivity index (χ4v) is 4.32. The van der Waals surface area contributed by atoms with Gasteiger partial charge in [0, 0.05) is 18.6 Å². The van der Waals surface area contributed by atoms with Crippen molar-refractivity contribution in [3.63, 3.8) is 0 Å². The molecule has 1 aromatic carbocycles. The molecule has 0 bridgehead atoms. The van der Waals surface area contributed by atoms with E-state index in [2.05, 4.69) is 28.0 Å². The van der Waals surface area contributed by atoms with Gasteiger partial charge >= 0.3 is 0 Å². The SMILES string of the molecule is COc1cccc(CCCN2CCCC2CN2CCCC2CO)c1. The molecule has 2 saturated heterocycles. The number of likely N-dealkylation sites (tertiary alicyclic amines) is 2.